The van der Waals surface area contributed by atoms with Crippen LogP contribution in [0.25, 0.3) is 0 Å². The van der Waals surface area contributed by atoms with Crippen LogP contribution in [-0.2, 0) is 10.0 Å². The van der Waals surface area contributed by atoms with Gasteiger partial charge in [-0.3, -0.25) is 0 Å². The molecule has 0 bridgehead atoms. The van der Waals surface area contributed by atoms with Crippen LogP contribution in [0.2, 0.25) is 0 Å². The molecule has 0 amide bonds. The van der Waals surface area contributed by atoms with Crippen LogP contribution in [0.4, 0.5) is 0 Å². The second-order valence-corrected chi connectivity index (χ2v) is 8.70. The van der Waals surface area contributed by atoms with E-state index in [-0.39, 0.29) is 17.8 Å². The molecule has 128 valence electrons. The number of hydrogen-bond donors (Lipinski definition) is 1. The Kier molecular flexibility index (Phi) is 7.09. The van der Waals surface area contributed by atoms with E-state index >= 15 is 0 Å². The molecule has 0 aromatic heterocycles. The quantitative estimate of drug-likeness (QED) is 0.889. The van der Waals surface area contributed by atoms with Crippen molar-refractivity contribution in [2.75, 3.05) is 20.1 Å². The Morgan fingerprint density at radius 1 is 1.09 bits per heavy atom. The normalized spacial score (nSPS) is 12.4. The summed E-state index contributed by atoms with van der Waals surface area (Å²) in [5, 5.41) is 0. The molecule has 22 heavy (non-hydrogen) atoms. The van der Waals surface area contributed by atoms with E-state index in [4.69, 9.17) is 5.73 Å². The molecule has 0 aliphatic heterocycles. The second-order valence-electron chi connectivity index (χ2n) is 6.72. The monoisotopic (exact) mass is 348 g/mol. The van der Waals surface area contributed by atoms with Crippen molar-refractivity contribution in [2.24, 2.45) is 11.1 Å². The highest BCUT2D eigenvalue weighted by Crippen LogP contribution is 2.29. The van der Waals surface area contributed by atoms with E-state index in [2.05, 4.69) is 0 Å². The van der Waals surface area contributed by atoms with Crippen molar-refractivity contribution < 1.29 is 8.42 Å². The van der Waals surface area contributed by atoms with Gasteiger partial charge in [-0.15, -0.1) is 12.4 Å². The Balaban J connectivity index is 0.00000441. The number of nitrogens with two attached hydrogens (primary N) is 1. The highest BCUT2D eigenvalue weighted by molar-refractivity contribution is 7.89. The summed E-state index contributed by atoms with van der Waals surface area (Å²) < 4.78 is 27.3. The van der Waals surface area contributed by atoms with Crippen LogP contribution < -0.4 is 5.73 Å². The molecule has 4 nitrogen and oxygen atoms in total. The molecule has 1 aromatic carbocycles. The molecule has 1 aromatic rings. The Bertz CT molecular complexity index is 614. The SMILES string of the molecule is Cc1cc(C)c(C)c(S(=O)(=O)N(C)CC(C)(C)CN)c1C.Cl. The number of nitrogens with zero attached hydrogens (tertiary/aromatic N) is 1. The van der Waals surface area contributed by atoms with E-state index < -0.39 is 10.0 Å². The zero-order valence-electron chi connectivity index (χ0n) is 14.6. The van der Waals surface area contributed by atoms with Gasteiger partial charge in [0.15, 0.2) is 0 Å². The summed E-state index contributed by atoms with van der Waals surface area (Å²) in [6.45, 7) is 12.4. The van der Waals surface area contributed by atoms with Gasteiger partial charge >= 0.3 is 0 Å². The van der Waals surface area contributed by atoms with Gasteiger partial charge in [0.25, 0.3) is 0 Å². The minimum absolute atomic E-state index is 0. The van der Waals surface area contributed by atoms with Crippen molar-refractivity contribution in [3.8, 4) is 0 Å². The zero-order chi connectivity index (χ0) is 16.6. The van der Waals surface area contributed by atoms with E-state index in [0.717, 1.165) is 22.3 Å². The van der Waals surface area contributed by atoms with Crippen molar-refractivity contribution in [3.63, 3.8) is 0 Å². The number of sulfonamides is 1. The molecule has 6 heteroatoms. The maximum atomic E-state index is 13.0. The molecule has 0 fully saturated rings. The summed E-state index contributed by atoms with van der Waals surface area (Å²) in [5.74, 6) is 0. The Morgan fingerprint density at radius 2 is 1.50 bits per heavy atom. The summed E-state index contributed by atoms with van der Waals surface area (Å²) in [6.07, 6.45) is 0. The molecule has 0 radical (unpaired) electrons. The summed E-state index contributed by atoms with van der Waals surface area (Å²) >= 11 is 0. The third-order valence-corrected chi connectivity index (χ3v) is 6.25. The first-order valence-corrected chi connectivity index (χ1v) is 8.62. The minimum Gasteiger partial charge on any atom is -0.330 e. The lowest BCUT2D eigenvalue weighted by Crippen LogP contribution is -2.40. The lowest BCUT2D eigenvalue weighted by atomic mass is 9.94. The predicted molar refractivity (Wildman–Crippen MR) is 95.3 cm³/mol. The molecule has 0 saturated carbocycles. The van der Waals surface area contributed by atoms with Gasteiger partial charge in [0.05, 0.1) is 4.90 Å². The van der Waals surface area contributed by atoms with Gasteiger partial charge < -0.3 is 5.73 Å². The maximum absolute atomic E-state index is 13.0. The first-order valence-electron chi connectivity index (χ1n) is 7.18. The molecule has 0 aliphatic rings. The van der Waals surface area contributed by atoms with E-state index in [1.807, 2.05) is 47.6 Å². The average molecular weight is 349 g/mol. The van der Waals surface area contributed by atoms with Gasteiger partial charge in [0, 0.05) is 13.6 Å². The molecular weight excluding hydrogens is 320 g/mol. The summed E-state index contributed by atoms with van der Waals surface area (Å²) in [4.78, 5) is 0.440. The minimum atomic E-state index is -3.51. The van der Waals surface area contributed by atoms with E-state index in [1.54, 1.807) is 7.05 Å². The second kappa shape index (κ2) is 7.30. The zero-order valence-corrected chi connectivity index (χ0v) is 16.3. The summed E-state index contributed by atoms with van der Waals surface area (Å²) in [6, 6.07) is 2.04. The van der Waals surface area contributed by atoms with Gasteiger partial charge in [-0.05, 0) is 61.9 Å². The Labute approximate surface area is 141 Å². The third kappa shape index (κ3) is 4.22. The van der Waals surface area contributed by atoms with E-state index in [0.29, 0.717) is 18.0 Å². The number of aryl methyl sites for hydroxylation is 2. The van der Waals surface area contributed by atoms with Crippen LogP contribution in [0.1, 0.15) is 36.1 Å². The average Bonchev–Trinajstić information content (AvgIpc) is 2.36. The molecule has 0 heterocycles. The largest absolute Gasteiger partial charge is 0.330 e. The molecule has 0 spiro atoms. The highest BCUT2D eigenvalue weighted by atomic mass is 35.5. The van der Waals surface area contributed by atoms with Gasteiger partial charge in [-0.1, -0.05) is 19.9 Å². The van der Waals surface area contributed by atoms with Crippen LogP contribution in [0.3, 0.4) is 0 Å². The number of benzene rings is 1. The van der Waals surface area contributed by atoms with Crippen molar-refractivity contribution in [1.29, 1.82) is 0 Å². The van der Waals surface area contributed by atoms with Crippen LogP contribution in [0.5, 0.6) is 0 Å². The van der Waals surface area contributed by atoms with E-state index in [1.165, 1.54) is 4.31 Å². The van der Waals surface area contributed by atoms with Gasteiger partial charge in [0.1, 0.15) is 0 Å². The fourth-order valence-electron chi connectivity index (χ4n) is 2.48. The van der Waals surface area contributed by atoms with Gasteiger partial charge in [-0.25, -0.2) is 12.7 Å². The Hall–Kier alpha value is -0.620. The van der Waals surface area contributed by atoms with Crippen molar-refractivity contribution in [1.82, 2.24) is 4.31 Å². The van der Waals surface area contributed by atoms with E-state index in [9.17, 15) is 8.42 Å². The third-order valence-electron chi connectivity index (χ3n) is 4.17. The fourth-order valence-corrected chi connectivity index (χ4v) is 4.40. The molecule has 0 saturated heterocycles. The first-order chi connectivity index (χ1) is 9.44. The van der Waals surface area contributed by atoms with Crippen LogP contribution >= 0.6 is 12.4 Å². The van der Waals surface area contributed by atoms with Crippen molar-refractivity contribution in [2.45, 2.75) is 46.4 Å². The molecule has 2 N–H and O–H groups in total. The lowest BCUT2D eigenvalue weighted by Gasteiger charge is -2.29. The van der Waals surface area contributed by atoms with Crippen LogP contribution in [-0.4, -0.2) is 32.9 Å². The number of hydrogen-bond acceptors (Lipinski definition) is 3. The number of rotatable bonds is 5. The number of halogens is 1. The smallest absolute Gasteiger partial charge is 0.243 e. The lowest BCUT2D eigenvalue weighted by molar-refractivity contribution is 0.291. The summed E-state index contributed by atoms with van der Waals surface area (Å²) in [7, 11) is -1.88. The molecular formula is C16H29ClN2O2S. The molecule has 0 atom stereocenters. The summed E-state index contributed by atoms with van der Waals surface area (Å²) in [5.41, 5.74) is 9.14. The highest BCUT2D eigenvalue weighted by Gasteiger charge is 2.30. The topological polar surface area (TPSA) is 63.4 Å². The molecule has 1 rings (SSSR count). The Morgan fingerprint density at radius 3 is 1.86 bits per heavy atom. The van der Waals surface area contributed by atoms with Gasteiger partial charge in [-0.2, -0.15) is 0 Å². The van der Waals surface area contributed by atoms with Crippen molar-refractivity contribution in [3.05, 3.63) is 28.3 Å². The fraction of sp³-hybridized carbons (Fsp3) is 0.625. The van der Waals surface area contributed by atoms with Crippen molar-refractivity contribution >= 4 is 22.4 Å². The maximum Gasteiger partial charge on any atom is 0.243 e. The van der Waals surface area contributed by atoms with Crippen LogP contribution in [0.15, 0.2) is 11.0 Å². The predicted octanol–water partition coefficient (Wildman–Crippen LogP) is 2.95. The molecule has 0 aliphatic carbocycles. The first kappa shape index (κ1) is 21.4. The van der Waals surface area contributed by atoms with Crippen LogP contribution in [0, 0.1) is 33.1 Å². The standard InChI is InChI=1S/C16H28N2O2S.ClH/c1-11-8-12(2)14(4)15(13(11)3)21(19,20)18(7)10-16(5,6)9-17;/h8H,9-10,17H2,1-7H3;1H. The van der Waals surface area contributed by atoms with Gasteiger partial charge in [0.2, 0.25) is 10.0 Å². The molecule has 0 unspecified atom stereocenters.